The van der Waals surface area contributed by atoms with Crippen molar-refractivity contribution in [3.63, 3.8) is 0 Å². The summed E-state index contributed by atoms with van der Waals surface area (Å²) in [6, 6.07) is 0. The van der Waals surface area contributed by atoms with Gasteiger partial charge in [0.2, 0.25) is 0 Å². The first-order valence-electron chi connectivity index (χ1n) is 6.07. The summed E-state index contributed by atoms with van der Waals surface area (Å²) in [5, 5.41) is 0. The number of hydrogen-bond donors (Lipinski definition) is 0. The third-order valence-electron chi connectivity index (χ3n) is 2.67. The number of piperidine rings is 1. The van der Waals surface area contributed by atoms with Gasteiger partial charge < -0.3 is 9.64 Å². The first kappa shape index (κ1) is 13.9. The van der Waals surface area contributed by atoms with Crippen LogP contribution in [0.4, 0.5) is 0 Å². The summed E-state index contributed by atoms with van der Waals surface area (Å²) in [6.07, 6.45) is 2.75. The Labute approximate surface area is 89.6 Å². The topological polar surface area (TPSA) is 12.5 Å². The van der Waals surface area contributed by atoms with Crippen LogP contribution >= 0.6 is 0 Å². The lowest BCUT2D eigenvalue weighted by Crippen LogP contribution is -2.53. The van der Waals surface area contributed by atoms with Crippen LogP contribution < -0.4 is 0 Å². The van der Waals surface area contributed by atoms with E-state index < -0.39 is 0 Å². The van der Waals surface area contributed by atoms with Gasteiger partial charge in [0.05, 0.1) is 13.2 Å². The van der Waals surface area contributed by atoms with Crippen molar-refractivity contribution in [1.29, 1.82) is 0 Å². The van der Waals surface area contributed by atoms with Gasteiger partial charge in [-0.25, -0.2) is 0 Å². The lowest BCUT2D eigenvalue weighted by molar-refractivity contribution is -0.140. The molecule has 0 amide bonds. The van der Waals surface area contributed by atoms with E-state index in [1.165, 1.54) is 25.9 Å². The molecule has 0 radical (unpaired) electrons. The van der Waals surface area contributed by atoms with E-state index in [9.17, 15) is 0 Å². The first-order valence-corrected chi connectivity index (χ1v) is 6.07. The summed E-state index contributed by atoms with van der Waals surface area (Å²) in [7, 11) is 2.21. The highest BCUT2D eigenvalue weighted by molar-refractivity contribution is 4.90. The monoisotopic (exact) mass is 201 g/mol. The highest BCUT2D eigenvalue weighted by atomic mass is 16.5. The van der Waals surface area contributed by atoms with Crippen molar-refractivity contribution in [2.45, 2.75) is 40.5 Å². The molecule has 2 aliphatic heterocycles. The zero-order valence-corrected chi connectivity index (χ0v) is 10.6. The molecule has 2 nitrogen and oxygen atoms in total. The summed E-state index contributed by atoms with van der Waals surface area (Å²) in [5.74, 6) is 0. The molecule has 2 fully saturated rings. The van der Waals surface area contributed by atoms with Crippen LogP contribution in [0.2, 0.25) is 0 Å². The second kappa shape index (κ2) is 7.24. The molecule has 0 atom stereocenters. The molecule has 2 heterocycles. The Morgan fingerprint density at radius 3 is 1.93 bits per heavy atom. The lowest BCUT2D eigenvalue weighted by Gasteiger charge is -2.47. The van der Waals surface area contributed by atoms with E-state index in [-0.39, 0.29) is 0 Å². The number of hydrogen-bond acceptors (Lipinski definition) is 2. The Kier molecular flexibility index (Phi) is 7.20. The molecule has 0 unspecified atom stereocenters. The minimum Gasteiger partial charge on any atom is -0.380 e. The predicted molar refractivity (Wildman–Crippen MR) is 62.7 cm³/mol. The number of nitrogens with zero attached hydrogens (tertiary/aromatic N) is 1. The van der Waals surface area contributed by atoms with E-state index in [2.05, 4.69) is 11.9 Å². The van der Waals surface area contributed by atoms with Crippen molar-refractivity contribution in [1.82, 2.24) is 4.90 Å². The van der Waals surface area contributed by atoms with Crippen molar-refractivity contribution < 1.29 is 4.74 Å². The molecule has 86 valence electrons. The molecule has 0 aliphatic carbocycles. The van der Waals surface area contributed by atoms with Crippen molar-refractivity contribution >= 4 is 0 Å². The van der Waals surface area contributed by atoms with E-state index in [4.69, 9.17) is 4.74 Å². The van der Waals surface area contributed by atoms with Gasteiger partial charge >= 0.3 is 0 Å². The van der Waals surface area contributed by atoms with Crippen LogP contribution in [0, 0.1) is 5.41 Å². The second-order valence-electron chi connectivity index (χ2n) is 3.83. The van der Waals surface area contributed by atoms with E-state index in [0.29, 0.717) is 5.41 Å². The van der Waals surface area contributed by atoms with Crippen LogP contribution in [0.15, 0.2) is 0 Å². The number of ether oxygens (including phenoxy) is 1. The SMILES string of the molecule is CC.CC.CN1CCCC2(COC2)C1. The van der Waals surface area contributed by atoms with Crippen LogP contribution in [0.25, 0.3) is 0 Å². The molecule has 2 saturated heterocycles. The highest BCUT2D eigenvalue weighted by Gasteiger charge is 2.40. The largest absolute Gasteiger partial charge is 0.380 e. The Hall–Kier alpha value is -0.0800. The smallest absolute Gasteiger partial charge is 0.0557 e. The molecular weight excluding hydrogens is 174 g/mol. The molecule has 0 bridgehead atoms. The molecule has 0 aromatic rings. The zero-order chi connectivity index (χ0) is 11.0. The summed E-state index contributed by atoms with van der Waals surface area (Å²) in [4.78, 5) is 2.42. The van der Waals surface area contributed by atoms with Crippen LogP contribution in [0.1, 0.15) is 40.5 Å². The number of likely N-dealkylation sites (tertiary alicyclic amines) is 1. The van der Waals surface area contributed by atoms with Gasteiger partial charge in [0.1, 0.15) is 0 Å². The third kappa shape index (κ3) is 3.58. The minimum absolute atomic E-state index is 0.576. The van der Waals surface area contributed by atoms with Crippen LogP contribution in [-0.4, -0.2) is 38.3 Å². The maximum absolute atomic E-state index is 5.24. The van der Waals surface area contributed by atoms with E-state index in [0.717, 1.165) is 13.2 Å². The average molecular weight is 201 g/mol. The summed E-state index contributed by atoms with van der Waals surface area (Å²) < 4.78 is 5.24. The number of rotatable bonds is 0. The van der Waals surface area contributed by atoms with Crippen LogP contribution in [-0.2, 0) is 4.74 Å². The van der Waals surface area contributed by atoms with Crippen molar-refractivity contribution in [2.24, 2.45) is 5.41 Å². The standard InChI is InChI=1S/C8H15NO.2C2H6/c1-9-4-2-3-8(5-9)6-10-7-8;2*1-2/h2-7H2,1H3;2*1-2H3. The zero-order valence-electron chi connectivity index (χ0n) is 10.6. The molecule has 0 aromatic heterocycles. The summed E-state index contributed by atoms with van der Waals surface area (Å²) in [5.41, 5.74) is 0.576. The molecule has 2 heteroatoms. The van der Waals surface area contributed by atoms with E-state index >= 15 is 0 Å². The Morgan fingerprint density at radius 2 is 1.64 bits per heavy atom. The summed E-state index contributed by atoms with van der Waals surface area (Å²) in [6.45, 7) is 12.6. The Morgan fingerprint density at radius 1 is 1.07 bits per heavy atom. The van der Waals surface area contributed by atoms with Crippen LogP contribution in [0.3, 0.4) is 0 Å². The molecule has 0 N–H and O–H groups in total. The molecule has 2 rings (SSSR count). The second-order valence-corrected chi connectivity index (χ2v) is 3.83. The molecule has 1 spiro atoms. The normalized spacial score (nSPS) is 23.8. The van der Waals surface area contributed by atoms with E-state index in [1.54, 1.807) is 0 Å². The molecular formula is C12H27NO. The van der Waals surface area contributed by atoms with Gasteiger partial charge in [-0.15, -0.1) is 0 Å². The molecule has 0 aromatic carbocycles. The Balaban J connectivity index is 0.000000379. The maximum Gasteiger partial charge on any atom is 0.0557 e. The van der Waals surface area contributed by atoms with Gasteiger partial charge in [-0.1, -0.05) is 27.7 Å². The van der Waals surface area contributed by atoms with Gasteiger partial charge in [0, 0.05) is 12.0 Å². The minimum atomic E-state index is 0.576. The molecule has 14 heavy (non-hydrogen) atoms. The fourth-order valence-corrected chi connectivity index (χ4v) is 2.08. The lowest BCUT2D eigenvalue weighted by atomic mass is 9.78. The van der Waals surface area contributed by atoms with Crippen molar-refractivity contribution in [3.8, 4) is 0 Å². The van der Waals surface area contributed by atoms with Gasteiger partial charge in [-0.05, 0) is 26.4 Å². The van der Waals surface area contributed by atoms with Gasteiger partial charge in [0.15, 0.2) is 0 Å². The maximum atomic E-state index is 5.24. The third-order valence-corrected chi connectivity index (χ3v) is 2.67. The van der Waals surface area contributed by atoms with Crippen molar-refractivity contribution in [2.75, 3.05) is 33.4 Å². The molecule has 0 saturated carbocycles. The van der Waals surface area contributed by atoms with Gasteiger partial charge in [-0.3, -0.25) is 0 Å². The Bertz CT molecular complexity index is 132. The first-order chi connectivity index (χ1) is 6.81. The van der Waals surface area contributed by atoms with Crippen molar-refractivity contribution in [3.05, 3.63) is 0 Å². The molecule has 2 aliphatic rings. The predicted octanol–water partition coefficient (Wildman–Crippen LogP) is 2.78. The fraction of sp³-hybridized carbons (Fsp3) is 1.00. The highest BCUT2D eigenvalue weighted by Crippen LogP contribution is 2.36. The van der Waals surface area contributed by atoms with E-state index in [1.807, 2.05) is 27.7 Å². The van der Waals surface area contributed by atoms with Gasteiger partial charge in [0.25, 0.3) is 0 Å². The van der Waals surface area contributed by atoms with Crippen LogP contribution in [0.5, 0.6) is 0 Å². The van der Waals surface area contributed by atoms with Gasteiger partial charge in [-0.2, -0.15) is 0 Å². The quantitative estimate of drug-likeness (QED) is 0.597. The summed E-state index contributed by atoms with van der Waals surface area (Å²) >= 11 is 0. The average Bonchev–Trinajstić information content (AvgIpc) is 2.22. The fourth-order valence-electron chi connectivity index (χ4n) is 2.08.